The average molecular weight is 187 g/mol. The van der Waals surface area contributed by atoms with Crippen LogP contribution in [0.3, 0.4) is 0 Å². The van der Waals surface area contributed by atoms with Crippen molar-refractivity contribution in [1.82, 2.24) is 0 Å². The summed E-state index contributed by atoms with van der Waals surface area (Å²) in [6, 6.07) is 7.52. The highest BCUT2D eigenvalue weighted by atomic mass is 35.5. The molecule has 0 fully saturated rings. The molecule has 0 saturated carbocycles. The molecule has 0 nitrogen and oxygen atoms in total. The van der Waals surface area contributed by atoms with Gasteiger partial charge in [-0.2, -0.15) is 0 Å². The fourth-order valence-corrected chi connectivity index (χ4v) is 0.999. The zero-order valence-electron chi connectivity index (χ0n) is 4.77. The summed E-state index contributed by atoms with van der Waals surface area (Å²) >= 11 is 11.2. The molecule has 52 valence electrons. The summed E-state index contributed by atoms with van der Waals surface area (Å²) in [6.07, 6.45) is 0. The van der Waals surface area contributed by atoms with Gasteiger partial charge < -0.3 is 0 Å². The van der Waals surface area contributed by atoms with Gasteiger partial charge in [-0.25, -0.2) is 0 Å². The zero-order chi connectivity index (χ0) is 6.69. The van der Waals surface area contributed by atoms with Crippen LogP contribution in [0.25, 0.3) is 0 Å². The predicted octanol–water partition coefficient (Wildman–Crippen LogP) is 2.16. The molecular formula is C7H8Cl2Mg. The fourth-order valence-electron chi connectivity index (χ4n) is 0.620. The molecule has 1 rings (SSSR count). The van der Waals surface area contributed by atoms with E-state index >= 15 is 0 Å². The van der Waals surface area contributed by atoms with E-state index in [0.717, 1.165) is 10.6 Å². The molecular weight excluding hydrogens is 179 g/mol. The third-order valence-corrected chi connectivity index (χ3v) is 1.59. The van der Waals surface area contributed by atoms with Crippen LogP contribution in [0.5, 0.6) is 0 Å². The van der Waals surface area contributed by atoms with Crippen molar-refractivity contribution in [1.29, 1.82) is 0 Å². The number of hydrogen-bond acceptors (Lipinski definition) is 0. The number of alkyl halides is 1. The Balaban J connectivity index is 0.000000810. The van der Waals surface area contributed by atoms with Gasteiger partial charge in [-0.05, 0) is 17.7 Å². The highest BCUT2D eigenvalue weighted by molar-refractivity contribution is 6.30. The van der Waals surface area contributed by atoms with Crippen molar-refractivity contribution < 1.29 is 0 Å². The van der Waals surface area contributed by atoms with Crippen molar-refractivity contribution in [2.45, 2.75) is 5.88 Å². The fraction of sp³-hybridized carbons (Fsp3) is 0.143. The van der Waals surface area contributed by atoms with Crippen LogP contribution in [0.4, 0.5) is 0 Å². The lowest BCUT2D eigenvalue weighted by Gasteiger charge is -1.92. The topological polar surface area (TPSA) is 0 Å². The van der Waals surface area contributed by atoms with Crippen LogP contribution in [-0.2, 0) is 5.88 Å². The minimum atomic E-state index is 0. The van der Waals surface area contributed by atoms with Crippen LogP contribution in [0.15, 0.2) is 24.3 Å². The Kier molecular flexibility index (Phi) is 5.54. The molecule has 1 aromatic rings. The van der Waals surface area contributed by atoms with Gasteiger partial charge in [0.25, 0.3) is 0 Å². The highest BCUT2D eigenvalue weighted by Gasteiger charge is 1.88. The number of halogens is 2. The molecule has 0 aromatic heterocycles. The summed E-state index contributed by atoms with van der Waals surface area (Å²) < 4.78 is 0. The molecule has 10 heavy (non-hydrogen) atoms. The molecule has 0 N–H and O–H groups in total. The third kappa shape index (κ3) is 3.11. The van der Waals surface area contributed by atoms with Gasteiger partial charge >= 0.3 is 23.1 Å². The van der Waals surface area contributed by atoms with Crippen molar-refractivity contribution in [3.63, 3.8) is 0 Å². The molecule has 0 aliphatic rings. The van der Waals surface area contributed by atoms with E-state index in [1.165, 1.54) is 0 Å². The van der Waals surface area contributed by atoms with E-state index in [4.69, 9.17) is 23.2 Å². The molecule has 3 heteroatoms. The van der Waals surface area contributed by atoms with Crippen LogP contribution >= 0.6 is 23.2 Å². The lowest BCUT2D eigenvalue weighted by Crippen LogP contribution is -1.73. The highest BCUT2D eigenvalue weighted by Crippen LogP contribution is 2.11. The Labute approximate surface area is 86.7 Å². The quantitative estimate of drug-likeness (QED) is 0.467. The second-order valence-electron chi connectivity index (χ2n) is 1.76. The van der Waals surface area contributed by atoms with E-state index < -0.39 is 0 Å². The summed E-state index contributed by atoms with van der Waals surface area (Å²) in [4.78, 5) is 0. The molecule has 1 aromatic carbocycles. The Morgan fingerprint density at radius 2 is 2.00 bits per heavy atom. The van der Waals surface area contributed by atoms with E-state index in [1.54, 1.807) is 0 Å². The maximum absolute atomic E-state index is 5.66. The first-order chi connectivity index (χ1) is 4.33. The van der Waals surface area contributed by atoms with Crippen LogP contribution in [-0.4, -0.2) is 23.1 Å². The first-order valence-corrected chi connectivity index (χ1v) is 3.54. The third-order valence-electron chi connectivity index (χ3n) is 1.04. The molecule has 0 amide bonds. The lowest BCUT2D eigenvalue weighted by molar-refractivity contribution is 1.40. The van der Waals surface area contributed by atoms with Crippen molar-refractivity contribution in [3.8, 4) is 0 Å². The van der Waals surface area contributed by atoms with Crippen molar-refractivity contribution in [2.24, 2.45) is 0 Å². The van der Waals surface area contributed by atoms with E-state index in [1.807, 2.05) is 24.3 Å². The van der Waals surface area contributed by atoms with Crippen LogP contribution < -0.4 is 0 Å². The molecule has 0 unspecified atom stereocenters. The van der Waals surface area contributed by atoms with Crippen molar-refractivity contribution in [2.75, 3.05) is 0 Å². The Morgan fingerprint density at radius 1 is 1.30 bits per heavy atom. The zero-order valence-corrected chi connectivity index (χ0v) is 6.28. The van der Waals surface area contributed by atoms with E-state index in [0.29, 0.717) is 5.88 Å². The summed E-state index contributed by atoms with van der Waals surface area (Å²) in [7, 11) is 0. The second kappa shape index (κ2) is 5.25. The van der Waals surface area contributed by atoms with Gasteiger partial charge in [0.15, 0.2) is 0 Å². The van der Waals surface area contributed by atoms with Gasteiger partial charge in [-0.1, -0.05) is 23.7 Å². The minimum Gasteiger partial charge on any atom is -0.122 e. The second-order valence-corrected chi connectivity index (χ2v) is 2.47. The van der Waals surface area contributed by atoms with Crippen LogP contribution in [0, 0.1) is 0 Å². The van der Waals surface area contributed by atoms with E-state index in [9.17, 15) is 0 Å². The van der Waals surface area contributed by atoms with Crippen LogP contribution in [0.2, 0.25) is 5.02 Å². The molecule has 0 heterocycles. The maximum atomic E-state index is 5.66. The SMILES string of the molecule is ClCc1cccc(Cl)c1.[MgH2]. The van der Waals surface area contributed by atoms with Crippen LogP contribution in [0.1, 0.15) is 5.56 Å². The Hall–Kier alpha value is 0.566. The number of rotatable bonds is 1. The van der Waals surface area contributed by atoms with Gasteiger partial charge in [0.05, 0.1) is 0 Å². The first kappa shape index (κ1) is 10.6. The summed E-state index contributed by atoms with van der Waals surface area (Å²) in [5.41, 5.74) is 1.06. The van der Waals surface area contributed by atoms with Gasteiger partial charge in [0, 0.05) is 10.9 Å². The largest absolute Gasteiger partial charge is 0.316 e. The van der Waals surface area contributed by atoms with Gasteiger partial charge in [-0.15, -0.1) is 11.6 Å². The molecule has 0 atom stereocenters. The average Bonchev–Trinajstić information content (AvgIpc) is 1.88. The summed E-state index contributed by atoms with van der Waals surface area (Å²) in [5, 5.41) is 0.744. The molecule has 0 spiro atoms. The maximum Gasteiger partial charge on any atom is 0.316 e. The molecule has 0 bridgehead atoms. The Bertz CT molecular complexity index is 201. The smallest absolute Gasteiger partial charge is 0.122 e. The normalized spacial score (nSPS) is 8.60. The standard InChI is InChI=1S/C7H6Cl2.Mg.2H/c8-5-6-2-1-3-7(9)4-6;;;/h1-4H,5H2;;;. The summed E-state index contributed by atoms with van der Waals surface area (Å²) in [5.74, 6) is 0.528. The lowest BCUT2D eigenvalue weighted by atomic mass is 10.2. The van der Waals surface area contributed by atoms with Gasteiger partial charge in [0.1, 0.15) is 0 Å². The van der Waals surface area contributed by atoms with E-state index in [2.05, 4.69) is 0 Å². The van der Waals surface area contributed by atoms with Gasteiger partial charge in [0.2, 0.25) is 0 Å². The molecule has 0 aliphatic heterocycles. The number of benzene rings is 1. The van der Waals surface area contributed by atoms with Crippen molar-refractivity contribution >= 4 is 46.3 Å². The van der Waals surface area contributed by atoms with Crippen molar-refractivity contribution in [3.05, 3.63) is 34.9 Å². The Morgan fingerprint density at radius 3 is 2.40 bits per heavy atom. The molecule has 0 radical (unpaired) electrons. The molecule has 0 aliphatic carbocycles. The number of hydrogen-bond donors (Lipinski definition) is 0. The van der Waals surface area contributed by atoms with Gasteiger partial charge in [-0.3, -0.25) is 0 Å². The minimum absolute atomic E-state index is 0. The predicted molar refractivity (Wildman–Crippen MR) is 49.6 cm³/mol. The molecule has 0 saturated heterocycles. The monoisotopic (exact) mass is 186 g/mol. The van der Waals surface area contributed by atoms with E-state index in [-0.39, 0.29) is 23.1 Å². The summed E-state index contributed by atoms with van der Waals surface area (Å²) in [6.45, 7) is 0. The first-order valence-electron chi connectivity index (χ1n) is 2.63.